The van der Waals surface area contributed by atoms with E-state index in [9.17, 15) is 14.4 Å². The van der Waals surface area contributed by atoms with Crippen LogP contribution >= 0.6 is 37.0 Å². The number of esters is 1. The second-order valence-electron chi connectivity index (χ2n) is 9.69. The van der Waals surface area contributed by atoms with Gasteiger partial charge in [-0.2, -0.15) is 37.0 Å². The number of nitrogens with one attached hydrogen (secondary N) is 1. The maximum absolute atomic E-state index is 14.0. The van der Waals surface area contributed by atoms with Crippen LogP contribution in [0.3, 0.4) is 0 Å². The number of carbonyl (C=O) groups excluding carboxylic acids is 3. The van der Waals surface area contributed by atoms with Crippen LogP contribution in [0.1, 0.15) is 57.4 Å². The zero-order valence-electron chi connectivity index (χ0n) is 22.5. The lowest BCUT2D eigenvalue weighted by molar-refractivity contribution is -0.183. The summed E-state index contributed by atoms with van der Waals surface area (Å²) in [6.07, 6.45) is 6.03. The van der Waals surface area contributed by atoms with Gasteiger partial charge in [0.1, 0.15) is 0 Å². The van der Waals surface area contributed by atoms with E-state index in [0.29, 0.717) is 25.7 Å². The van der Waals surface area contributed by atoms with Crippen molar-refractivity contribution in [3.8, 4) is 0 Å². The fourth-order valence-corrected chi connectivity index (χ4v) is 6.03. The number of ether oxygens (including phenoxy) is 3. The van der Waals surface area contributed by atoms with E-state index in [-0.39, 0.29) is 19.1 Å². The maximum Gasteiger partial charge on any atom is 0.510 e. The summed E-state index contributed by atoms with van der Waals surface area (Å²) in [6, 6.07) is 9.16. The molecule has 0 heterocycles. The second kappa shape index (κ2) is 15.9. The Morgan fingerprint density at radius 3 is 2.39 bits per heavy atom. The van der Waals surface area contributed by atoms with Crippen LogP contribution < -0.4 is 11.1 Å². The molecule has 0 spiro atoms. The molecule has 1 aromatic rings. The summed E-state index contributed by atoms with van der Waals surface area (Å²) in [6.45, 7) is 1.69. The van der Waals surface area contributed by atoms with Crippen molar-refractivity contribution in [1.82, 2.24) is 5.32 Å². The molecule has 0 aromatic heterocycles. The van der Waals surface area contributed by atoms with Gasteiger partial charge < -0.3 is 25.3 Å². The summed E-state index contributed by atoms with van der Waals surface area (Å²) in [4.78, 5) is 39.8. The van der Waals surface area contributed by atoms with Crippen LogP contribution in [0.15, 0.2) is 30.3 Å². The first-order valence-corrected chi connectivity index (χ1v) is 15.4. The lowest BCUT2D eigenvalue weighted by atomic mass is 9.80. The van der Waals surface area contributed by atoms with Crippen LogP contribution in [-0.4, -0.2) is 59.6 Å². The first-order chi connectivity index (χ1) is 18.1. The largest absolute Gasteiger partial charge is 0.510 e. The fourth-order valence-electron chi connectivity index (χ4n) is 4.84. The van der Waals surface area contributed by atoms with Crippen molar-refractivity contribution in [2.24, 2.45) is 17.6 Å². The third kappa shape index (κ3) is 9.27. The Labute approximate surface area is 241 Å². The third-order valence-corrected chi connectivity index (χ3v) is 8.63. The number of nitrogens with two attached hydrogens (primary N) is 1. The SMILES string of the molecule is CCOC(=O)OC(NC(=O)C(Cc1ccccc1)CC(S)(S)C(N)CCSC)(C(=O)OC)C1CCCCC1. The smallest absolute Gasteiger partial charge is 0.465 e. The molecule has 0 bridgehead atoms. The Hall–Kier alpha value is -1.56. The highest BCUT2D eigenvalue weighted by atomic mass is 32.2. The molecule has 0 radical (unpaired) electrons. The molecule has 3 N–H and O–H groups in total. The summed E-state index contributed by atoms with van der Waals surface area (Å²) < 4.78 is 14.8. The molecule has 2 rings (SSSR count). The molecule has 1 saturated carbocycles. The van der Waals surface area contributed by atoms with E-state index in [2.05, 4.69) is 5.32 Å². The second-order valence-corrected chi connectivity index (χ2v) is 12.6. The lowest BCUT2D eigenvalue weighted by Crippen LogP contribution is -2.64. The van der Waals surface area contributed by atoms with E-state index in [1.807, 2.05) is 36.6 Å². The number of thiol groups is 2. The summed E-state index contributed by atoms with van der Waals surface area (Å²) in [5.74, 6) is -1.62. The summed E-state index contributed by atoms with van der Waals surface area (Å²) in [7, 11) is 1.21. The van der Waals surface area contributed by atoms with Crippen LogP contribution in [0.5, 0.6) is 0 Å². The van der Waals surface area contributed by atoms with E-state index in [4.69, 9.17) is 45.2 Å². The molecule has 8 nitrogen and oxygen atoms in total. The van der Waals surface area contributed by atoms with Gasteiger partial charge in [-0.15, -0.1) is 0 Å². The Morgan fingerprint density at radius 1 is 1.16 bits per heavy atom. The predicted octanol–water partition coefficient (Wildman–Crippen LogP) is 4.61. The Kier molecular flexibility index (Phi) is 13.6. The summed E-state index contributed by atoms with van der Waals surface area (Å²) in [5, 5.41) is 2.82. The van der Waals surface area contributed by atoms with Gasteiger partial charge in [0.25, 0.3) is 5.72 Å². The highest BCUT2D eigenvalue weighted by Gasteiger charge is 2.53. The molecular weight excluding hydrogens is 545 g/mol. The number of benzene rings is 1. The minimum Gasteiger partial charge on any atom is -0.465 e. The Morgan fingerprint density at radius 2 is 1.82 bits per heavy atom. The number of hydrogen-bond donors (Lipinski definition) is 4. The zero-order chi connectivity index (χ0) is 28.2. The molecule has 3 atom stereocenters. The van der Waals surface area contributed by atoms with E-state index < -0.39 is 39.7 Å². The fraction of sp³-hybridized carbons (Fsp3) is 0.667. The lowest BCUT2D eigenvalue weighted by Gasteiger charge is -2.40. The van der Waals surface area contributed by atoms with Gasteiger partial charge in [0.15, 0.2) is 0 Å². The number of thioether (sulfide) groups is 1. The molecule has 1 aromatic carbocycles. The quantitative estimate of drug-likeness (QED) is 0.142. The van der Waals surface area contributed by atoms with Crippen LogP contribution in [0.2, 0.25) is 0 Å². The minimum absolute atomic E-state index is 0.0566. The van der Waals surface area contributed by atoms with Crippen LogP contribution in [0.4, 0.5) is 4.79 Å². The molecule has 38 heavy (non-hydrogen) atoms. The van der Waals surface area contributed by atoms with Gasteiger partial charge in [0.2, 0.25) is 5.91 Å². The molecule has 214 valence electrons. The van der Waals surface area contributed by atoms with Gasteiger partial charge in [-0.3, -0.25) is 4.79 Å². The Balaban J connectivity index is 2.44. The van der Waals surface area contributed by atoms with Crippen LogP contribution in [0, 0.1) is 11.8 Å². The zero-order valence-corrected chi connectivity index (χ0v) is 25.1. The predicted molar refractivity (Wildman–Crippen MR) is 158 cm³/mol. The molecule has 11 heteroatoms. The van der Waals surface area contributed by atoms with Gasteiger partial charge in [-0.25, -0.2) is 9.59 Å². The number of amides is 1. The average molecular weight is 587 g/mol. The van der Waals surface area contributed by atoms with Gasteiger partial charge >= 0.3 is 12.1 Å². The van der Waals surface area contributed by atoms with Gasteiger partial charge in [0.05, 0.1) is 17.8 Å². The van der Waals surface area contributed by atoms with E-state index >= 15 is 0 Å². The van der Waals surface area contributed by atoms with Crippen molar-refractivity contribution in [1.29, 1.82) is 0 Å². The normalized spacial score (nSPS) is 17.5. The van der Waals surface area contributed by atoms with Gasteiger partial charge in [0, 0.05) is 17.9 Å². The van der Waals surface area contributed by atoms with E-state index in [1.54, 1.807) is 18.7 Å². The molecule has 0 aliphatic heterocycles. The first-order valence-electron chi connectivity index (χ1n) is 13.1. The van der Waals surface area contributed by atoms with Crippen LogP contribution in [-0.2, 0) is 30.2 Å². The van der Waals surface area contributed by atoms with Gasteiger partial charge in [-0.05, 0) is 56.6 Å². The number of hydrogen-bond acceptors (Lipinski definition) is 10. The molecule has 1 amide bonds. The van der Waals surface area contributed by atoms with Crippen LogP contribution in [0.25, 0.3) is 0 Å². The van der Waals surface area contributed by atoms with Crippen molar-refractivity contribution < 1.29 is 28.6 Å². The number of carbonyl (C=O) groups is 3. The summed E-state index contributed by atoms with van der Waals surface area (Å²) in [5.41, 5.74) is 5.35. The van der Waals surface area contributed by atoms with E-state index in [1.165, 1.54) is 7.11 Å². The van der Waals surface area contributed by atoms with Gasteiger partial charge in [-0.1, -0.05) is 49.6 Å². The van der Waals surface area contributed by atoms with Crippen molar-refractivity contribution in [3.05, 3.63) is 35.9 Å². The molecule has 1 aliphatic rings. The average Bonchev–Trinajstić information content (AvgIpc) is 2.91. The van der Waals surface area contributed by atoms with Crippen molar-refractivity contribution >= 4 is 55.1 Å². The minimum atomic E-state index is -2.01. The van der Waals surface area contributed by atoms with E-state index in [0.717, 1.165) is 30.6 Å². The third-order valence-electron chi connectivity index (χ3n) is 6.95. The summed E-state index contributed by atoms with van der Waals surface area (Å²) >= 11 is 11.2. The monoisotopic (exact) mass is 586 g/mol. The molecule has 1 fully saturated rings. The molecule has 0 saturated heterocycles. The van der Waals surface area contributed by atoms with Crippen molar-refractivity contribution in [2.75, 3.05) is 25.7 Å². The molecular formula is C27H42N2O6S3. The number of methoxy groups -OCH3 is 1. The molecule has 1 aliphatic carbocycles. The standard InChI is InChI=1S/C27H42N2O6S3/c1-4-34-25(32)35-27(24(31)33-2,21-13-9-6-10-14-21)29-23(30)20(17-19-11-7-5-8-12-19)18-26(36,37)22(28)15-16-38-3/h5,7-8,11-12,20-22,36-37H,4,6,9-10,13-18,28H2,1-3H3,(H,29,30). The van der Waals surface area contributed by atoms with Crippen molar-refractivity contribution in [2.45, 2.75) is 74.1 Å². The van der Waals surface area contributed by atoms with Crippen molar-refractivity contribution in [3.63, 3.8) is 0 Å². The first kappa shape index (κ1) is 32.7. The highest BCUT2D eigenvalue weighted by Crippen LogP contribution is 2.38. The maximum atomic E-state index is 14.0. The topological polar surface area (TPSA) is 117 Å². The molecule has 3 unspecified atom stereocenters. The Bertz CT molecular complexity index is 898. The number of rotatable bonds is 14. The highest BCUT2D eigenvalue weighted by molar-refractivity contribution is 8.00.